The van der Waals surface area contributed by atoms with Crippen molar-refractivity contribution < 1.29 is 9.47 Å². The van der Waals surface area contributed by atoms with Crippen molar-refractivity contribution in [3.05, 3.63) is 0 Å². The standard InChI is InChI=1S/C11H23NO2/c1-3-11(2,12)9-13-8-6-10-5-4-7-14-10/h10H,3-9,12H2,1-2H3. The molecule has 0 aromatic carbocycles. The second-order valence-electron chi connectivity index (χ2n) is 4.48. The summed E-state index contributed by atoms with van der Waals surface area (Å²) in [6.45, 7) is 6.46. The number of rotatable bonds is 6. The zero-order valence-electron chi connectivity index (χ0n) is 9.42. The van der Waals surface area contributed by atoms with Gasteiger partial charge in [-0.3, -0.25) is 0 Å². The molecule has 2 atom stereocenters. The fraction of sp³-hybridized carbons (Fsp3) is 1.00. The lowest BCUT2D eigenvalue weighted by atomic mass is 10.0. The van der Waals surface area contributed by atoms with Crippen LogP contribution in [0.1, 0.15) is 39.5 Å². The quantitative estimate of drug-likeness (QED) is 0.665. The van der Waals surface area contributed by atoms with Gasteiger partial charge in [-0.15, -0.1) is 0 Å². The van der Waals surface area contributed by atoms with Crippen LogP contribution < -0.4 is 5.73 Å². The van der Waals surface area contributed by atoms with Crippen molar-refractivity contribution in [1.29, 1.82) is 0 Å². The van der Waals surface area contributed by atoms with Gasteiger partial charge in [-0.05, 0) is 32.6 Å². The van der Waals surface area contributed by atoms with Gasteiger partial charge in [-0.2, -0.15) is 0 Å². The van der Waals surface area contributed by atoms with E-state index in [-0.39, 0.29) is 5.54 Å². The summed E-state index contributed by atoms with van der Waals surface area (Å²) in [5, 5.41) is 0. The first-order valence-electron chi connectivity index (χ1n) is 5.62. The molecular formula is C11H23NO2. The van der Waals surface area contributed by atoms with Gasteiger partial charge >= 0.3 is 0 Å². The topological polar surface area (TPSA) is 44.5 Å². The summed E-state index contributed by atoms with van der Waals surface area (Å²) in [6, 6.07) is 0. The summed E-state index contributed by atoms with van der Waals surface area (Å²) in [5.74, 6) is 0. The van der Waals surface area contributed by atoms with Crippen LogP contribution in [0, 0.1) is 0 Å². The summed E-state index contributed by atoms with van der Waals surface area (Å²) >= 11 is 0. The zero-order chi connectivity index (χ0) is 10.4. The molecule has 0 aromatic rings. The van der Waals surface area contributed by atoms with E-state index in [4.69, 9.17) is 15.2 Å². The SMILES string of the molecule is CCC(C)(N)COCCC1CCCO1. The monoisotopic (exact) mass is 201 g/mol. The summed E-state index contributed by atoms with van der Waals surface area (Å²) < 4.78 is 11.0. The van der Waals surface area contributed by atoms with E-state index < -0.39 is 0 Å². The van der Waals surface area contributed by atoms with Crippen LogP contribution in [0.3, 0.4) is 0 Å². The Hall–Kier alpha value is -0.120. The highest BCUT2D eigenvalue weighted by Crippen LogP contribution is 2.15. The lowest BCUT2D eigenvalue weighted by Crippen LogP contribution is -2.40. The van der Waals surface area contributed by atoms with Crippen LogP contribution in [0.25, 0.3) is 0 Å². The molecule has 1 heterocycles. The highest BCUT2D eigenvalue weighted by Gasteiger charge is 2.17. The largest absolute Gasteiger partial charge is 0.379 e. The van der Waals surface area contributed by atoms with E-state index in [1.165, 1.54) is 12.8 Å². The molecule has 0 aromatic heterocycles. The van der Waals surface area contributed by atoms with Crippen LogP contribution in [0.2, 0.25) is 0 Å². The molecule has 0 amide bonds. The Labute approximate surface area is 86.9 Å². The molecule has 0 radical (unpaired) electrons. The molecule has 0 saturated carbocycles. The van der Waals surface area contributed by atoms with Crippen molar-refractivity contribution >= 4 is 0 Å². The van der Waals surface area contributed by atoms with Crippen molar-refractivity contribution in [2.45, 2.75) is 51.2 Å². The summed E-state index contributed by atoms with van der Waals surface area (Å²) in [6.07, 6.45) is 4.79. The van der Waals surface area contributed by atoms with Gasteiger partial charge < -0.3 is 15.2 Å². The number of hydrogen-bond acceptors (Lipinski definition) is 3. The molecule has 14 heavy (non-hydrogen) atoms. The molecule has 1 aliphatic heterocycles. The average molecular weight is 201 g/mol. The third-order valence-electron chi connectivity index (χ3n) is 2.85. The maximum atomic E-state index is 5.95. The summed E-state index contributed by atoms with van der Waals surface area (Å²) in [4.78, 5) is 0. The molecule has 1 fully saturated rings. The van der Waals surface area contributed by atoms with E-state index in [0.29, 0.717) is 12.7 Å². The molecule has 1 aliphatic rings. The fourth-order valence-corrected chi connectivity index (χ4v) is 1.49. The lowest BCUT2D eigenvalue weighted by Gasteiger charge is -2.22. The number of ether oxygens (including phenoxy) is 2. The number of nitrogens with two attached hydrogens (primary N) is 1. The maximum Gasteiger partial charge on any atom is 0.0643 e. The van der Waals surface area contributed by atoms with E-state index in [1.807, 2.05) is 6.92 Å². The zero-order valence-corrected chi connectivity index (χ0v) is 9.42. The van der Waals surface area contributed by atoms with Crippen LogP contribution in [0.15, 0.2) is 0 Å². The van der Waals surface area contributed by atoms with Crippen LogP contribution in [-0.4, -0.2) is 31.5 Å². The molecule has 2 N–H and O–H groups in total. The first-order chi connectivity index (χ1) is 6.64. The van der Waals surface area contributed by atoms with Gasteiger partial charge in [-0.25, -0.2) is 0 Å². The predicted molar refractivity (Wildman–Crippen MR) is 57.3 cm³/mol. The Morgan fingerprint density at radius 2 is 2.36 bits per heavy atom. The maximum absolute atomic E-state index is 5.95. The molecule has 2 unspecified atom stereocenters. The third kappa shape index (κ3) is 4.40. The Kier molecular flexibility index (Phi) is 4.85. The van der Waals surface area contributed by atoms with Gasteiger partial charge in [0.2, 0.25) is 0 Å². The first-order valence-corrected chi connectivity index (χ1v) is 5.62. The van der Waals surface area contributed by atoms with E-state index in [0.717, 1.165) is 26.1 Å². The minimum absolute atomic E-state index is 0.170. The smallest absolute Gasteiger partial charge is 0.0643 e. The summed E-state index contributed by atoms with van der Waals surface area (Å²) in [7, 11) is 0. The normalized spacial score (nSPS) is 26.4. The number of hydrogen-bond donors (Lipinski definition) is 1. The molecule has 3 nitrogen and oxygen atoms in total. The van der Waals surface area contributed by atoms with Crippen molar-refractivity contribution in [2.75, 3.05) is 19.8 Å². The van der Waals surface area contributed by atoms with E-state index in [2.05, 4.69) is 6.92 Å². The van der Waals surface area contributed by atoms with Crippen LogP contribution in [-0.2, 0) is 9.47 Å². The minimum Gasteiger partial charge on any atom is -0.379 e. The van der Waals surface area contributed by atoms with Gasteiger partial charge in [0.25, 0.3) is 0 Å². The molecule has 0 aliphatic carbocycles. The van der Waals surface area contributed by atoms with Gasteiger partial charge in [0, 0.05) is 18.8 Å². The Morgan fingerprint density at radius 1 is 1.57 bits per heavy atom. The molecule has 1 rings (SSSR count). The Balaban J connectivity index is 1.98. The van der Waals surface area contributed by atoms with Crippen molar-refractivity contribution in [2.24, 2.45) is 5.73 Å². The Morgan fingerprint density at radius 3 is 2.93 bits per heavy atom. The predicted octanol–water partition coefficient (Wildman–Crippen LogP) is 1.70. The van der Waals surface area contributed by atoms with E-state index >= 15 is 0 Å². The van der Waals surface area contributed by atoms with Crippen molar-refractivity contribution in [3.8, 4) is 0 Å². The third-order valence-corrected chi connectivity index (χ3v) is 2.85. The molecular weight excluding hydrogens is 178 g/mol. The van der Waals surface area contributed by atoms with Crippen LogP contribution in [0.5, 0.6) is 0 Å². The molecule has 0 spiro atoms. The van der Waals surface area contributed by atoms with Gasteiger partial charge in [0.15, 0.2) is 0 Å². The van der Waals surface area contributed by atoms with Crippen LogP contribution in [0.4, 0.5) is 0 Å². The molecule has 1 saturated heterocycles. The first kappa shape index (κ1) is 12.0. The van der Waals surface area contributed by atoms with Gasteiger partial charge in [-0.1, -0.05) is 6.92 Å². The molecule has 0 bridgehead atoms. The lowest BCUT2D eigenvalue weighted by molar-refractivity contribution is 0.0429. The fourth-order valence-electron chi connectivity index (χ4n) is 1.49. The summed E-state index contributed by atoms with van der Waals surface area (Å²) in [5.41, 5.74) is 5.78. The van der Waals surface area contributed by atoms with E-state index in [9.17, 15) is 0 Å². The van der Waals surface area contributed by atoms with Crippen molar-refractivity contribution in [1.82, 2.24) is 0 Å². The van der Waals surface area contributed by atoms with Gasteiger partial charge in [0.1, 0.15) is 0 Å². The second-order valence-corrected chi connectivity index (χ2v) is 4.48. The highest BCUT2D eigenvalue weighted by atomic mass is 16.5. The molecule has 3 heteroatoms. The van der Waals surface area contributed by atoms with E-state index in [1.54, 1.807) is 0 Å². The van der Waals surface area contributed by atoms with Crippen molar-refractivity contribution in [3.63, 3.8) is 0 Å². The molecule has 84 valence electrons. The average Bonchev–Trinajstić information content (AvgIpc) is 2.65. The van der Waals surface area contributed by atoms with Gasteiger partial charge in [0.05, 0.1) is 12.7 Å². The van der Waals surface area contributed by atoms with Crippen LogP contribution >= 0.6 is 0 Å². The highest BCUT2D eigenvalue weighted by molar-refractivity contribution is 4.75. The minimum atomic E-state index is -0.170. The Bertz CT molecular complexity index is 153. The second kappa shape index (κ2) is 5.69.